The number of nitrogens with one attached hydrogen (secondary N) is 1. The molecule has 1 amide bonds. The maximum Gasteiger partial charge on any atom is 0.419 e. The summed E-state index contributed by atoms with van der Waals surface area (Å²) in [7, 11) is 0. The molecule has 36 heavy (non-hydrogen) atoms. The van der Waals surface area contributed by atoms with Gasteiger partial charge in [0.15, 0.2) is 12.4 Å². The highest BCUT2D eigenvalue weighted by Crippen LogP contribution is 2.36. The molecular weight excluding hydrogens is 477 g/mol. The van der Waals surface area contributed by atoms with Crippen molar-refractivity contribution in [2.45, 2.75) is 19.0 Å². The lowest BCUT2D eigenvalue weighted by molar-refractivity contribution is -0.151. The maximum atomic E-state index is 13.4. The quantitative estimate of drug-likeness (QED) is 0.517. The fraction of sp³-hybridized carbons (Fsp3) is 0.292. The van der Waals surface area contributed by atoms with Crippen LogP contribution in [0.25, 0.3) is 5.69 Å². The van der Waals surface area contributed by atoms with Crippen LogP contribution in [0.15, 0.2) is 54.9 Å². The number of anilines is 2. The summed E-state index contributed by atoms with van der Waals surface area (Å²) in [5.74, 6) is -2.22. The van der Waals surface area contributed by atoms with E-state index in [0.29, 0.717) is 25.1 Å². The molecule has 0 radical (unpaired) electrons. The van der Waals surface area contributed by atoms with Gasteiger partial charge in [-0.2, -0.15) is 23.5 Å². The molecule has 3 aromatic rings. The Morgan fingerprint density at radius 2 is 1.97 bits per heavy atom. The van der Waals surface area contributed by atoms with Crippen molar-refractivity contribution >= 4 is 23.5 Å². The number of amides is 1. The Morgan fingerprint density at radius 1 is 1.19 bits per heavy atom. The smallest absolute Gasteiger partial charge is 0.419 e. The average Bonchev–Trinajstić information content (AvgIpc) is 3.29. The Labute approximate surface area is 204 Å². The number of nitriles is 1. The molecule has 1 aliphatic heterocycles. The summed E-state index contributed by atoms with van der Waals surface area (Å²) in [6, 6.07) is 12.9. The standard InChI is InChI=1S/C24H21F3N6O3/c25-24(26,27)19-9-4-10-29-22(19)32-11-5-6-16(14-32)23(35)36-15-20(34)31-21-17(12-28)13-30-33(21)18-7-2-1-3-8-18/h1-4,7-10,13,16H,5-6,11,14-15H2,(H,31,34). The van der Waals surface area contributed by atoms with Crippen LogP contribution < -0.4 is 10.2 Å². The van der Waals surface area contributed by atoms with Crippen molar-refractivity contribution in [1.82, 2.24) is 14.8 Å². The SMILES string of the molecule is N#Cc1cnn(-c2ccccc2)c1NC(=O)COC(=O)C1CCCN(c2ncccc2C(F)(F)F)C1. The second-order valence-corrected chi connectivity index (χ2v) is 8.08. The minimum absolute atomic E-state index is 0.0140. The number of esters is 1. The highest BCUT2D eigenvalue weighted by atomic mass is 19.4. The number of hydrogen-bond donors (Lipinski definition) is 1. The van der Waals surface area contributed by atoms with Crippen LogP contribution in [0.4, 0.5) is 24.8 Å². The topological polar surface area (TPSA) is 113 Å². The summed E-state index contributed by atoms with van der Waals surface area (Å²) >= 11 is 0. The van der Waals surface area contributed by atoms with Crippen LogP contribution in [0.3, 0.4) is 0 Å². The summed E-state index contributed by atoms with van der Waals surface area (Å²) in [5.41, 5.74) is -0.139. The molecule has 1 saturated heterocycles. The van der Waals surface area contributed by atoms with Gasteiger partial charge in [-0.05, 0) is 37.1 Å². The second kappa shape index (κ2) is 10.5. The van der Waals surface area contributed by atoms with Crippen molar-refractivity contribution in [2.24, 2.45) is 5.92 Å². The van der Waals surface area contributed by atoms with E-state index in [0.717, 1.165) is 6.07 Å². The Morgan fingerprint density at radius 3 is 2.69 bits per heavy atom. The molecule has 186 valence electrons. The number of para-hydroxylation sites is 1. The number of piperidine rings is 1. The van der Waals surface area contributed by atoms with Gasteiger partial charge in [0.1, 0.15) is 17.5 Å². The van der Waals surface area contributed by atoms with E-state index < -0.39 is 36.1 Å². The summed E-state index contributed by atoms with van der Waals surface area (Å²) in [6.45, 7) is -0.331. The minimum atomic E-state index is -4.58. The van der Waals surface area contributed by atoms with E-state index in [4.69, 9.17) is 4.74 Å². The molecule has 4 rings (SSSR count). The van der Waals surface area contributed by atoms with Gasteiger partial charge in [-0.15, -0.1) is 0 Å². The maximum absolute atomic E-state index is 13.4. The summed E-state index contributed by atoms with van der Waals surface area (Å²) in [4.78, 5) is 30.4. The van der Waals surface area contributed by atoms with Gasteiger partial charge < -0.3 is 15.0 Å². The van der Waals surface area contributed by atoms with Gasteiger partial charge >= 0.3 is 12.1 Å². The second-order valence-electron chi connectivity index (χ2n) is 8.08. The van der Waals surface area contributed by atoms with Crippen LogP contribution in [0.1, 0.15) is 24.0 Å². The van der Waals surface area contributed by atoms with Gasteiger partial charge in [0, 0.05) is 19.3 Å². The number of nitrogens with zero attached hydrogens (tertiary/aromatic N) is 5. The van der Waals surface area contributed by atoms with Crippen molar-refractivity contribution in [3.05, 3.63) is 66.0 Å². The molecule has 0 spiro atoms. The first-order chi connectivity index (χ1) is 17.3. The molecule has 1 aliphatic rings. The predicted octanol–water partition coefficient (Wildman–Crippen LogP) is 3.56. The van der Waals surface area contributed by atoms with E-state index in [1.165, 1.54) is 28.0 Å². The molecule has 1 N–H and O–H groups in total. The van der Waals surface area contributed by atoms with Crippen LogP contribution >= 0.6 is 0 Å². The average molecular weight is 498 g/mol. The van der Waals surface area contributed by atoms with Crippen LogP contribution in [-0.2, 0) is 20.5 Å². The molecule has 0 saturated carbocycles. The van der Waals surface area contributed by atoms with E-state index in [-0.39, 0.29) is 23.7 Å². The van der Waals surface area contributed by atoms with Crippen molar-refractivity contribution < 1.29 is 27.5 Å². The number of hydrogen-bond acceptors (Lipinski definition) is 7. The molecule has 1 atom stereocenters. The molecule has 12 heteroatoms. The molecule has 0 aliphatic carbocycles. The molecular formula is C24H21F3N6O3. The van der Waals surface area contributed by atoms with Crippen LogP contribution in [0, 0.1) is 17.2 Å². The third-order valence-corrected chi connectivity index (χ3v) is 5.64. The molecule has 3 heterocycles. The highest BCUT2D eigenvalue weighted by molar-refractivity contribution is 5.93. The van der Waals surface area contributed by atoms with Crippen molar-refractivity contribution in [1.29, 1.82) is 5.26 Å². The van der Waals surface area contributed by atoms with E-state index in [1.54, 1.807) is 30.3 Å². The predicted molar refractivity (Wildman–Crippen MR) is 122 cm³/mol. The van der Waals surface area contributed by atoms with E-state index in [1.807, 2.05) is 6.07 Å². The molecule has 9 nitrogen and oxygen atoms in total. The monoisotopic (exact) mass is 498 g/mol. The van der Waals surface area contributed by atoms with Crippen molar-refractivity contribution in [2.75, 3.05) is 29.9 Å². The lowest BCUT2D eigenvalue weighted by atomic mass is 9.98. The Balaban J connectivity index is 1.39. The normalized spacial score (nSPS) is 15.7. The number of aromatic nitrogens is 3. The molecule has 0 bridgehead atoms. The van der Waals surface area contributed by atoms with Crippen molar-refractivity contribution in [3.8, 4) is 11.8 Å². The van der Waals surface area contributed by atoms with Gasteiger partial charge in [-0.3, -0.25) is 9.59 Å². The van der Waals surface area contributed by atoms with Gasteiger partial charge in [0.2, 0.25) is 0 Å². The molecule has 1 aromatic carbocycles. The number of ether oxygens (including phenoxy) is 1. The third kappa shape index (κ3) is 5.46. The molecule has 2 aromatic heterocycles. The van der Waals surface area contributed by atoms with E-state index >= 15 is 0 Å². The number of carbonyl (C=O) groups excluding carboxylic acids is 2. The fourth-order valence-corrected chi connectivity index (χ4v) is 3.97. The Bertz CT molecular complexity index is 1290. The zero-order chi connectivity index (χ0) is 25.7. The van der Waals surface area contributed by atoms with Gasteiger partial charge in [0.05, 0.1) is 23.4 Å². The van der Waals surface area contributed by atoms with E-state index in [2.05, 4.69) is 15.4 Å². The van der Waals surface area contributed by atoms with Gasteiger partial charge in [-0.1, -0.05) is 18.2 Å². The van der Waals surface area contributed by atoms with Crippen LogP contribution in [-0.4, -0.2) is 46.3 Å². The fourth-order valence-electron chi connectivity index (χ4n) is 3.97. The van der Waals surface area contributed by atoms with Crippen LogP contribution in [0.5, 0.6) is 0 Å². The zero-order valence-corrected chi connectivity index (χ0v) is 18.9. The Hall–Kier alpha value is -4.40. The number of carbonyl (C=O) groups is 2. The molecule has 1 fully saturated rings. The van der Waals surface area contributed by atoms with Crippen molar-refractivity contribution in [3.63, 3.8) is 0 Å². The minimum Gasteiger partial charge on any atom is -0.455 e. The number of benzene rings is 1. The summed E-state index contributed by atoms with van der Waals surface area (Å²) in [6.07, 6.45) is -1.14. The van der Waals surface area contributed by atoms with Gasteiger partial charge in [-0.25, -0.2) is 9.67 Å². The van der Waals surface area contributed by atoms with Gasteiger partial charge in [0.25, 0.3) is 5.91 Å². The lowest BCUT2D eigenvalue weighted by Crippen LogP contribution is -2.41. The van der Waals surface area contributed by atoms with E-state index in [9.17, 15) is 28.0 Å². The third-order valence-electron chi connectivity index (χ3n) is 5.64. The summed E-state index contributed by atoms with van der Waals surface area (Å²) < 4.78 is 46.7. The Kier molecular flexibility index (Phi) is 7.19. The zero-order valence-electron chi connectivity index (χ0n) is 18.9. The highest BCUT2D eigenvalue weighted by Gasteiger charge is 2.37. The number of rotatable bonds is 6. The molecule has 1 unspecified atom stereocenters. The number of alkyl halides is 3. The largest absolute Gasteiger partial charge is 0.455 e. The first kappa shape index (κ1) is 24.7. The number of pyridine rings is 1. The number of halogens is 3. The first-order valence-electron chi connectivity index (χ1n) is 11.0. The van der Waals surface area contributed by atoms with Crippen LogP contribution in [0.2, 0.25) is 0 Å². The lowest BCUT2D eigenvalue weighted by Gasteiger charge is -2.33. The summed E-state index contributed by atoms with van der Waals surface area (Å²) in [5, 5.41) is 16.0. The first-order valence-corrected chi connectivity index (χ1v) is 11.0.